The minimum absolute atomic E-state index is 0. The topological polar surface area (TPSA) is 113 Å². The van der Waals surface area contributed by atoms with Gasteiger partial charge in [0.25, 0.3) is 0 Å². The molecule has 0 aliphatic rings. The van der Waals surface area contributed by atoms with E-state index in [2.05, 4.69) is 30.5 Å². The smallest absolute Gasteiger partial charge is 0.240 e. The van der Waals surface area contributed by atoms with E-state index in [-0.39, 0.29) is 35.4 Å². The summed E-state index contributed by atoms with van der Waals surface area (Å²) in [4.78, 5) is 4.36. The molecule has 0 saturated carbocycles. The third-order valence-electron chi connectivity index (χ3n) is 3.78. The Bertz CT molecular complexity index is 1020. The summed E-state index contributed by atoms with van der Waals surface area (Å²) in [5.41, 5.74) is 0.771. The number of aliphatic imine (C=N–C) groups is 1. The average molecular weight is 515 g/mol. The lowest BCUT2D eigenvalue weighted by Crippen LogP contribution is -2.41. The number of guanidine groups is 1. The molecule has 0 unspecified atom stereocenters. The van der Waals surface area contributed by atoms with Crippen LogP contribution in [0.3, 0.4) is 0 Å². The van der Waals surface area contributed by atoms with Crippen molar-refractivity contribution in [3.05, 3.63) is 60.6 Å². The van der Waals surface area contributed by atoms with Crippen molar-refractivity contribution >= 4 is 45.6 Å². The summed E-state index contributed by atoms with van der Waals surface area (Å²) in [5.74, 6) is 1.29. The fraction of sp³-hybridized carbons (Fsp3) is 0.235. The minimum Gasteiger partial charge on any atom is -0.355 e. The molecule has 0 aliphatic heterocycles. The average Bonchev–Trinajstić information content (AvgIpc) is 3.11. The summed E-state index contributed by atoms with van der Waals surface area (Å²) >= 11 is 0. The molecule has 3 rings (SSSR count). The number of nitrogens with one attached hydrogen (secondary N) is 3. The van der Waals surface area contributed by atoms with Gasteiger partial charge >= 0.3 is 0 Å². The van der Waals surface area contributed by atoms with Gasteiger partial charge in [-0.15, -0.1) is 34.2 Å². The van der Waals surface area contributed by atoms with Crippen LogP contribution in [0, 0.1) is 0 Å². The van der Waals surface area contributed by atoms with Gasteiger partial charge in [0.1, 0.15) is 0 Å². The summed E-state index contributed by atoms with van der Waals surface area (Å²) in [6.07, 6.45) is 1.89. The number of sulfonamides is 1. The molecule has 0 fully saturated rings. The number of pyridine rings is 1. The Morgan fingerprint density at radius 3 is 2.54 bits per heavy atom. The molecule has 0 saturated heterocycles. The molecule has 0 atom stereocenters. The van der Waals surface area contributed by atoms with Crippen molar-refractivity contribution in [2.24, 2.45) is 4.99 Å². The molecular weight excluding hydrogens is 493 g/mol. The second kappa shape index (κ2) is 10.3. The highest BCUT2D eigenvalue weighted by atomic mass is 127. The lowest BCUT2D eigenvalue weighted by atomic mass is 10.4. The first-order chi connectivity index (χ1) is 13.1. The molecule has 0 bridgehead atoms. The van der Waals surface area contributed by atoms with Crippen molar-refractivity contribution in [1.82, 2.24) is 30.0 Å². The van der Waals surface area contributed by atoms with Gasteiger partial charge in [-0.05, 0) is 24.3 Å². The minimum atomic E-state index is -3.51. The number of fused-ring (bicyclic) bond motifs is 1. The van der Waals surface area contributed by atoms with Crippen LogP contribution in [-0.2, 0) is 16.6 Å². The van der Waals surface area contributed by atoms with E-state index in [0.717, 1.165) is 11.5 Å². The third-order valence-corrected chi connectivity index (χ3v) is 5.26. The van der Waals surface area contributed by atoms with Crippen molar-refractivity contribution in [3.63, 3.8) is 0 Å². The number of halogens is 1. The van der Waals surface area contributed by atoms with Crippen LogP contribution < -0.4 is 15.4 Å². The van der Waals surface area contributed by atoms with Gasteiger partial charge in [0.15, 0.2) is 17.4 Å². The van der Waals surface area contributed by atoms with Crippen LogP contribution in [0.2, 0.25) is 0 Å². The highest BCUT2D eigenvalue weighted by Crippen LogP contribution is 2.06. The van der Waals surface area contributed by atoms with E-state index in [0.29, 0.717) is 19.0 Å². The van der Waals surface area contributed by atoms with Crippen molar-refractivity contribution < 1.29 is 8.42 Å². The Morgan fingerprint density at radius 1 is 1.04 bits per heavy atom. The molecule has 0 amide bonds. The van der Waals surface area contributed by atoms with Crippen LogP contribution in [-0.4, -0.2) is 49.1 Å². The van der Waals surface area contributed by atoms with Gasteiger partial charge in [0.2, 0.25) is 10.0 Å². The Morgan fingerprint density at radius 2 is 1.79 bits per heavy atom. The zero-order chi connectivity index (χ0) is 19.1. The summed E-state index contributed by atoms with van der Waals surface area (Å²) in [6, 6.07) is 13.9. The van der Waals surface area contributed by atoms with Gasteiger partial charge < -0.3 is 10.6 Å². The van der Waals surface area contributed by atoms with Gasteiger partial charge in [-0.1, -0.05) is 24.3 Å². The maximum absolute atomic E-state index is 12.1. The van der Waals surface area contributed by atoms with E-state index < -0.39 is 10.0 Å². The van der Waals surface area contributed by atoms with Crippen LogP contribution in [0.4, 0.5) is 0 Å². The molecule has 0 radical (unpaired) electrons. The van der Waals surface area contributed by atoms with Crippen LogP contribution in [0.5, 0.6) is 0 Å². The van der Waals surface area contributed by atoms with Gasteiger partial charge in [0.05, 0.1) is 11.4 Å². The summed E-state index contributed by atoms with van der Waals surface area (Å²) in [7, 11) is -1.86. The molecule has 0 spiro atoms. The number of rotatable bonds is 7. The molecule has 3 N–H and O–H groups in total. The lowest BCUT2D eigenvalue weighted by molar-refractivity contribution is 0.580. The third kappa shape index (κ3) is 5.62. The molecule has 9 nitrogen and oxygen atoms in total. The van der Waals surface area contributed by atoms with Gasteiger partial charge in [-0.2, -0.15) is 0 Å². The van der Waals surface area contributed by atoms with Crippen molar-refractivity contribution in [2.45, 2.75) is 11.4 Å². The number of benzene rings is 1. The van der Waals surface area contributed by atoms with Crippen LogP contribution in [0.1, 0.15) is 5.82 Å². The van der Waals surface area contributed by atoms with Crippen molar-refractivity contribution in [3.8, 4) is 0 Å². The highest BCUT2D eigenvalue weighted by molar-refractivity contribution is 14.0. The van der Waals surface area contributed by atoms with Gasteiger partial charge in [-0.25, -0.2) is 13.1 Å². The summed E-state index contributed by atoms with van der Waals surface area (Å²) < 4.78 is 28.7. The predicted molar refractivity (Wildman–Crippen MR) is 118 cm³/mol. The predicted octanol–water partition coefficient (Wildman–Crippen LogP) is 0.991. The van der Waals surface area contributed by atoms with Gasteiger partial charge in [0, 0.05) is 26.3 Å². The van der Waals surface area contributed by atoms with E-state index >= 15 is 0 Å². The molecule has 2 aromatic heterocycles. The summed E-state index contributed by atoms with van der Waals surface area (Å²) in [6.45, 7) is 1.04. The molecular formula is C17H22IN7O2S. The maximum atomic E-state index is 12.1. The van der Waals surface area contributed by atoms with Gasteiger partial charge in [-0.3, -0.25) is 9.39 Å². The molecule has 28 heavy (non-hydrogen) atoms. The molecule has 1 aromatic carbocycles. The molecule has 2 heterocycles. The SMILES string of the molecule is CN=C(NCCNS(=O)(=O)c1ccccc1)NCc1nnc2ccccn12.I. The Kier molecular flexibility index (Phi) is 8.14. The van der Waals surface area contributed by atoms with E-state index in [9.17, 15) is 8.42 Å². The first-order valence-electron chi connectivity index (χ1n) is 8.38. The number of aromatic nitrogens is 3. The molecule has 3 aromatic rings. The van der Waals surface area contributed by atoms with Crippen LogP contribution in [0.15, 0.2) is 64.6 Å². The molecule has 150 valence electrons. The van der Waals surface area contributed by atoms with E-state index in [1.54, 1.807) is 37.4 Å². The normalized spacial score (nSPS) is 11.8. The standard InChI is InChI=1S/C17H21N7O2S.HI/c1-18-17(20-13-16-23-22-15-9-5-6-12-24(15)16)19-10-11-21-27(25,26)14-7-3-2-4-8-14;/h2-9,12,21H,10-11,13H2,1H3,(H2,18,19,20);1H. The van der Waals surface area contributed by atoms with Crippen LogP contribution in [0.25, 0.3) is 5.65 Å². The molecule has 0 aliphatic carbocycles. The van der Waals surface area contributed by atoms with Crippen molar-refractivity contribution in [1.29, 1.82) is 0 Å². The van der Waals surface area contributed by atoms with E-state index in [4.69, 9.17) is 0 Å². The monoisotopic (exact) mass is 515 g/mol. The first kappa shape index (κ1) is 22.0. The van der Waals surface area contributed by atoms with Crippen LogP contribution >= 0.6 is 24.0 Å². The highest BCUT2D eigenvalue weighted by Gasteiger charge is 2.12. The Labute approximate surface area is 180 Å². The maximum Gasteiger partial charge on any atom is 0.240 e. The fourth-order valence-corrected chi connectivity index (χ4v) is 3.50. The second-order valence-corrected chi connectivity index (χ2v) is 7.38. The molecule has 11 heteroatoms. The van der Waals surface area contributed by atoms with E-state index in [1.165, 1.54) is 0 Å². The number of hydrogen-bond acceptors (Lipinski definition) is 5. The fourth-order valence-electron chi connectivity index (χ4n) is 2.44. The number of hydrogen-bond donors (Lipinski definition) is 3. The number of nitrogens with zero attached hydrogens (tertiary/aromatic N) is 4. The Balaban J connectivity index is 0.00000280. The Hall–Kier alpha value is -2.25. The zero-order valence-electron chi connectivity index (χ0n) is 15.2. The second-order valence-electron chi connectivity index (χ2n) is 5.61. The largest absolute Gasteiger partial charge is 0.355 e. The van der Waals surface area contributed by atoms with Crippen molar-refractivity contribution in [2.75, 3.05) is 20.1 Å². The quantitative estimate of drug-likeness (QED) is 0.187. The lowest BCUT2D eigenvalue weighted by Gasteiger charge is -2.12. The zero-order valence-corrected chi connectivity index (χ0v) is 18.4. The first-order valence-corrected chi connectivity index (χ1v) is 9.86. The van der Waals surface area contributed by atoms with E-state index in [1.807, 2.05) is 28.8 Å². The summed E-state index contributed by atoms with van der Waals surface area (Å²) in [5, 5.41) is 14.4.